The van der Waals surface area contributed by atoms with Crippen molar-refractivity contribution in [3.8, 4) is 11.1 Å². The highest BCUT2D eigenvalue weighted by molar-refractivity contribution is 5.85. The van der Waals surface area contributed by atoms with Crippen molar-refractivity contribution >= 4 is 12.4 Å². The fourth-order valence-electron chi connectivity index (χ4n) is 3.09. The van der Waals surface area contributed by atoms with Crippen molar-refractivity contribution in [3.63, 3.8) is 0 Å². The molecule has 1 heterocycles. The Morgan fingerprint density at radius 2 is 1.36 bits per heavy atom. The van der Waals surface area contributed by atoms with Gasteiger partial charge in [0, 0.05) is 32.2 Å². The van der Waals surface area contributed by atoms with E-state index in [0.717, 1.165) is 49.4 Å². The number of nitrogens with one attached hydrogen (secondary N) is 1. The highest BCUT2D eigenvalue weighted by Crippen LogP contribution is 2.31. The molecule has 2 aromatic carbocycles. The van der Waals surface area contributed by atoms with E-state index in [2.05, 4.69) is 29.3 Å². The Balaban J connectivity index is 0.00000225. The van der Waals surface area contributed by atoms with Gasteiger partial charge in [0.15, 0.2) is 0 Å². The third-order valence-corrected chi connectivity index (χ3v) is 4.64. The van der Waals surface area contributed by atoms with Crippen LogP contribution in [0.25, 0.3) is 11.1 Å². The van der Waals surface area contributed by atoms with Crippen LogP contribution >= 0.6 is 12.4 Å². The van der Waals surface area contributed by atoms with E-state index in [0.29, 0.717) is 6.04 Å². The molecule has 1 N–H and O–H groups in total. The zero-order valence-electron chi connectivity index (χ0n) is 14.0. The average Bonchev–Trinajstić information content (AvgIpc) is 2.61. The van der Waals surface area contributed by atoms with Gasteiger partial charge in [0.2, 0.25) is 0 Å². The normalized spacial score (nSPS) is 17.0. The highest BCUT2D eigenvalue weighted by Gasteiger charge is 2.29. The summed E-state index contributed by atoms with van der Waals surface area (Å²) in [5.74, 6) is 0. The Morgan fingerprint density at radius 3 is 1.84 bits per heavy atom. The van der Waals surface area contributed by atoms with E-state index in [4.69, 9.17) is 0 Å². The van der Waals surface area contributed by atoms with Gasteiger partial charge in [-0.3, -0.25) is 4.90 Å². The molecule has 0 spiro atoms. The molecule has 1 fully saturated rings. The van der Waals surface area contributed by atoms with E-state index in [9.17, 15) is 13.2 Å². The van der Waals surface area contributed by atoms with Crippen LogP contribution in [0.2, 0.25) is 0 Å². The first-order valence-corrected chi connectivity index (χ1v) is 8.17. The van der Waals surface area contributed by atoms with Crippen molar-refractivity contribution in [2.45, 2.75) is 19.1 Å². The molecule has 1 aliphatic rings. The number of benzene rings is 2. The second kappa shape index (κ2) is 8.21. The molecule has 2 nitrogen and oxygen atoms in total. The molecule has 0 radical (unpaired) electrons. The number of hydrogen-bond acceptors (Lipinski definition) is 2. The number of nitrogens with zero attached hydrogens (tertiary/aromatic N) is 1. The second-order valence-corrected chi connectivity index (χ2v) is 6.16. The molecule has 1 atom stereocenters. The molecule has 25 heavy (non-hydrogen) atoms. The maximum Gasteiger partial charge on any atom is 0.416 e. The fourth-order valence-corrected chi connectivity index (χ4v) is 3.09. The van der Waals surface area contributed by atoms with Crippen LogP contribution in [0.15, 0.2) is 48.5 Å². The van der Waals surface area contributed by atoms with E-state index < -0.39 is 11.7 Å². The summed E-state index contributed by atoms with van der Waals surface area (Å²) in [7, 11) is 0. The Labute approximate surface area is 152 Å². The van der Waals surface area contributed by atoms with Crippen LogP contribution in [-0.2, 0) is 6.18 Å². The largest absolute Gasteiger partial charge is 0.416 e. The molecule has 0 bridgehead atoms. The Kier molecular flexibility index (Phi) is 6.49. The molecule has 3 rings (SSSR count). The monoisotopic (exact) mass is 370 g/mol. The lowest BCUT2D eigenvalue weighted by Crippen LogP contribution is -2.44. The summed E-state index contributed by atoms with van der Waals surface area (Å²) in [5, 5.41) is 3.35. The van der Waals surface area contributed by atoms with Crippen LogP contribution in [-0.4, -0.2) is 31.1 Å². The molecule has 0 aliphatic carbocycles. The molecule has 2 aromatic rings. The Morgan fingerprint density at radius 1 is 0.880 bits per heavy atom. The van der Waals surface area contributed by atoms with Crippen molar-refractivity contribution in [3.05, 3.63) is 59.7 Å². The number of rotatable bonds is 3. The van der Waals surface area contributed by atoms with Gasteiger partial charge in [0.1, 0.15) is 0 Å². The van der Waals surface area contributed by atoms with Crippen molar-refractivity contribution in [1.29, 1.82) is 0 Å². The van der Waals surface area contributed by atoms with Crippen molar-refractivity contribution in [2.75, 3.05) is 26.2 Å². The summed E-state index contributed by atoms with van der Waals surface area (Å²) >= 11 is 0. The summed E-state index contributed by atoms with van der Waals surface area (Å²) in [6, 6.07) is 13.8. The number of alkyl halides is 3. The van der Waals surface area contributed by atoms with Crippen LogP contribution in [0.5, 0.6) is 0 Å². The van der Waals surface area contributed by atoms with Crippen molar-refractivity contribution in [2.24, 2.45) is 0 Å². The summed E-state index contributed by atoms with van der Waals surface area (Å²) in [4.78, 5) is 2.43. The van der Waals surface area contributed by atoms with Gasteiger partial charge < -0.3 is 5.32 Å². The van der Waals surface area contributed by atoms with Crippen LogP contribution < -0.4 is 5.32 Å². The van der Waals surface area contributed by atoms with E-state index in [-0.39, 0.29) is 12.4 Å². The summed E-state index contributed by atoms with van der Waals surface area (Å²) in [5.41, 5.74) is 2.34. The SMILES string of the molecule is C[C@@H](c1ccc(-c2ccc(C(F)(F)F)cc2)cc1)N1CCNCC1.Cl. The Hall–Kier alpha value is -1.56. The van der Waals surface area contributed by atoms with Gasteiger partial charge in [0.05, 0.1) is 5.56 Å². The second-order valence-electron chi connectivity index (χ2n) is 6.16. The first-order chi connectivity index (χ1) is 11.4. The van der Waals surface area contributed by atoms with Gasteiger partial charge in [-0.1, -0.05) is 36.4 Å². The third-order valence-electron chi connectivity index (χ3n) is 4.64. The lowest BCUT2D eigenvalue weighted by Gasteiger charge is -2.33. The van der Waals surface area contributed by atoms with Gasteiger partial charge in [-0.25, -0.2) is 0 Å². The lowest BCUT2D eigenvalue weighted by atomic mass is 9.99. The fraction of sp³-hybridized carbons (Fsp3) is 0.368. The lowest BCUT2D eigenvalue weighted by molar-refractivity contribution is -0.137. The van der Waals surface area contributed by atoms with E-state index in [1.807, 2.05) is 12.1 Å². The molecule has 0 unspecified atom stereocenters. The number of piperazine rings is 1. The standard InChI is InChI=1S/C19H21F3N2.ClH/c1-14(24-12-10-23-11-13-24)15-2-4-16(5-3-15)17-6-8-18(9-7-17)19(20,21)22;/h2-9,14,23H,10-13H2,1H3;1H/t14-;/m0./s1. The summed E-state index contributed by atoms with van der Waals surface area (Å²) < 4.78 is 37.9. The topological polar surface area (TPSA) is 15.3 Å². The number of hydrogen-bond donors (Lipinski definition) is 1. The van der Waals surface area contributed by atoms with Gasteiger partial charge >= 0.3 is 6.18 Å². The summed E-state index contributed by atoms with van der Waals surface area (Å²) in [6.07, 6.45) is -4.29. The van der Waals surface area contributed by atoms with E-state index >= 15 is 0 Å². The predicted octanol–water partition coefficient (Wildman–Crippen LogP) is 4.76. The molecule has 0 saturated carbocycles. The Bertz CT molecular complexity index is 663. The molecule has 0 amide bonds. The van der Waals surface area contributed by atoms with Gasteiger partial charge in [-0.2, -0.15) is 13.2 Å². The molecular weight excluding hydrogens is 349 g/mol. The van der Waals surface area contributed by atoms with Gasteiger partial charge in [-0.15, -0.1) is 12.4 Å². The molecule has 136 valence electrons. The zero-order chi connectivity index (χ0) is 17.2. The first kappa shape index (κ1) is 19.8. The minimum Gasteiger partial charge on any atom is -0.314 e. The minimum absolute atomic E-state index is 0. The van der Waals surface area contributed by atoms with Crippen LogP contribution in [0, 0.1) is 0 Å². The molecule has 0 aromatic heterocycles. The highest BCUT2D eigenvalue weighted by atomic mass is 35.5. The van der Waals surface area contributed by atoms with Crippen molar-refractivity contribution in [1.82, 2.24) is 10.2 Å². The third kappa shape index (κ3) is 4.75. The van der Waals surface area contributed by atoms with Crippen molar-refractivity contribution < 1.29 is 13.2 Å². The minimum atomic E-state index is -4.29. The molecule has 6 heteroatoms. The summed E-state index contributed by atoms with van der Waals surface area (Å²) in [6.45, 7) is 6.27. The van der Waals surface area contributed by atoms with Crippen LogP contribution in [0.4, 0.5) is 13.2 Å². The van der Waals surface area contributed by atoms with E-state index in [1.54, 1.807) is 0 Å². The molecular formula is C19H22ClF3N2. The zero-order valence-corrected chi connectivity index (χ0v) is 14.8. The molecule has 1 aliphatic heterocycles. The smallest absolute Gasteiger partial charge is 0.314 e. The number of halogens is 4. The maximum atomic E-state index is 12.6. The van der Waals surface area contributed by atoms with Gasteiger partial charge in [-0.05, 0) is 35.7 Å². The average molecular weight is 371 g/mol. The first-order valence-electron chi connectivity index (χ1n) is 8.17. The quantitative estimate of drug-likeness (QED) is 0.838. The van der Waals surface area contributed by atoms with Gasteiger partial charge in [0.25, 0.3) is 0 Å². The van der Waals surface area contributed by atoms with Crippen LogP contribution in [0.3, 0.4) is 0 Å². The molecule has 1 saturated heterocycles. The van der Waals surface area contributed by atoms with E-state index in [1.165, 1.54) is 17.7 Å². The maximum absolute atomic E-state index is 12.6. The predicted molar refractivity (Wildman–Crippen MR) is 97.0 cm³/mol. The van der Waals surface area contributed by atoms with Crippen LogP contribution in [0.1, 0.15) is 24.1 Å².